The molecule has 0 aliphatic carbocycles. The fraction of sp³-hybridized carbons (Fsp3) is 0.650. The zero-order chi connectivity index (χ0) is 22.9. The van der Waals surface area contributed by atoms with Crippen molar-refractivity contribution in [3.63, 3.8) is 0 Å². The van der Waals surface area contributed by atoms with Crippen molar-refractivity contribution in [3.8, 4) is 0 Å². The summed E-state index contributed by atoms with van der Waals surface area (Å²) in [6.45, 7) is 3.25. The third kappa shape index (κ3) is 5.63. The molecule has 0 bridgehead atoms. The van der Waals surface area contributed by atoms with Gasteiger partial charge in [0.25, 0.3) is 0 Å². The Morgan fingerprint density at radius 2 is 1.78 bits per heavy atom. The standard InChI is InChI=1S/C20H31N3O6S2.ClH/c1-15-13-17(3-4-18(15)14-22-30(2,25)26)16-5-9-23(10-6-16)31(27,28)20(19(21)24)7-11-29-12-8-20;/h3-4,13,16,22H,5-12,14H2,1-2H3,(H2,21,24);1H. The molecule has 1 aromatic carbocycles. The normalized spacial score (nSPS) is 20.4. The van der Waals surface area contributed by atoms with Gasteiger partial charge in [0, 0.05) is 45.7 Å². The number of halogens is 1. The summed E-state index contributed by atoms with van der Waals surface area (Å²) in [6.07, 6.45) is 2.59. The zero-order valence-corrected chi connectivity index (χ0v) is 20.8. The number of rotatable bonds is 7. The van der Waals surface area contributed by atoms with E-state index in [4.69, 9.17) is 10.5 Å². The van der Waals surface area contributed by atoms with Crippen LogP contribution < -0.4 is 10.5 Å². The van der Waals surface area contributed by atoms with Gasteiger partial charge in [0.15, 0.2) is 4.75 Å². The van der Waals surface area contributed by atoms with E-state index in [1.165, 1.54) is 4.31 Å². The summed E-state index contributed by atoms with van der Waals surface area (Å²) in [5, 5.41) is 0. The first kappa shape index (κ1) is 27.0. The third-order valence-corrected chi connectivity index (χ3v) is 9.71. The van der Waals surface area contributed by atoms with Crippen LogP contribution in [-0.4, -0.2) is 64.4 Å². The largest absolute Gasteiger partial charge is 0.381 e. The molecule has 2 fully saturated rings. The molecule has 9 nitrogen and oxygen atoms in total. The topological polar surface area (TPSA) is 136 Å². The van der Waals surface area contributed by atoms with E-state index in [-0.39, 0.29) is 50.9 Å². The second-order valence-corrected chi connectivity index (χ2v) is 12.5. The summed E-state index contributed by atoms with van der Waals surface area (Å²) in [6, 6.07) is 5.93. The highest BCUT2D eigenvalue weighted by Crippen LogP contribution is 2.36. The fourth-order valence-corrected chi connectivity index (χ4v) is 6.93. The number of nitrogens with one attached hydrogen (secondary N) is 1. The van der Waals surface area contributed by atoms with Gasteiger partial charge in [-0.15, -0.1) is 12.4 Å². The van der Waals surface area contributed by atoms with Crippen LogP contribution in [0.2, 0.25) is 0 Å². The lowest BCUT2D eigenvalue weighted by Crippen LogP contribution is -2.59. The molecule has 0 unspecified atom stereocenters. The Labute approximate surface area is 196 Å². The number of nitrogens with two attached hydrogens (primary N) is 1. The molecule has 0 aromatic heterocycles. The highest BCUT2D eigenvalue weighted by molar-refractivity contribution is 7.91. The predicted octanol–water partition coefficient (Wildman–Crippen LogP) is 1.01. The van der Waals surface area contributed by atoms with Crippen molar-refractivity contribution in [1.82, 2.24) is 9.03 Å². The van der Waals surface area contributed by atoms with Gasteiger partial charge in [0.1, 0.15) is 0 Å². The molecule has 182 valence electrons. The van der Waals surface area contributed by atoms with Crippen molar-refractivity contribution >= 4 is 38.4 Å². The number of ether oxygens (including phenoxy) is 1. The van der Waals surface area contributed by atoms with Gasteiger partial charge in [0.05, 0.1) is 6.26 Å². The first-order valence-corrected chi connectivity index (χ1v) is 13.7. The molecule has 2 heterocycles. The van der Waals surface area contributed by atoms with Gasteiger partial charge in [-0.05, 0) is 42.4 Å². The van der Waals surface area contributed by atoms with Crippen LogP contribution in [0, 0.1) is 6.92 Å². The van der Waals surface area contributed by atoms with Crippen LogP contribution in [0.1, 0.15) is 48.3 Å². The van der Waals surface area contributed by atoms with Gasteiger partial charge in [-0.25, -0.2) is 25.9 Å². The molecule has 0 spiro atoms. The average Bonchev–Trinajstić information content (AvgIpc) is 2.72. The van der Waals surface area contributed by atoms with E-state index in [1.54, 1.807) is 0 Å². The van der Waals surface area contributed by atoms with Gasteiger partial charge in [-0.2, -0.15) is 0 Å². The summed E-state index contributed by atoms with van der Waals surface area (Å²) in [5.41, 5.74) is 8.54. The Morgan fingerprint density at radius 3 is 2.28 bits per heavy atom. The number of aryl methyl sites for hydroxylation is 1. The Balaban J connectivity index is 0.00000363. The van der Waals surface area contributed by atoms with Gasteiger partial charge in [0.2, 0.25) is 26.0 Å². The minimum absolute atomic E-state index is 0. The number of hydrogen-bond donors (Lipinski definition) is 2. The fourth-order valence-electron chi connectivity index (χ4n) is 4.39. The number of benzene rings is 1. The monoisotopic (exact) mass is 509 g/mol. The molecule has 0 radical (unpaired) electrons. The maximum absolute atomic E-state index is 13.3. The van der Waals surface area contributed by atoms with Crippen LogP contribution in [0.3, 0.4) is 0 Å². The van der Waals surface area contributed by atoms with Crippen molar-refractivity contribution < 1.29 is 26.4 Å². The molecular formula is C20H32ClN3O6S2. The molecule has 0 atom stereocenters. The van der Waals surface area contributed by atoms with Crippen molar-refractivity contribution in [2.24, 2.45) is 5.73 Å². The average molecular weight is 510 g/mol. The highest BCUT2D eigenvalue weighted by atomic mass is 35.5. The number of sulfonamides is 2. The van der Waals surface area contributed by atoms with Gasteiger partial charge in [-0.3, -0.25) is 4.79 Å². The molecule has 3 N–H and O–H groups in total. The number of amides is 1. The summed E-state index contributed by atoms with van der Waals surface area (Å²) < 4.78 is 56.9. The predicted molar refractivity (Wildman–Crippen MR) is 125 cm³/mol. The lowest BCUT2D eigenvalue weighted by atomic mass is 9.88. The molecule has 32 heavy (non-hydrogen) atoms. The molecule has 1 aromatic rings. The first-order chi connectivity index (χ1) is 14.5. The first-order valence-electron chi connectivity index (χ1n) is 10.4. The van der Waals surface area contributed by atoms with E-state index in [9.17, 15) is 21.6 Å². The van der Waals surface area contributed by atoms with Crippen LogP contribution >= 0.6 is 12.4 Å². The molecule has 2 saturated heterocycles. The van der Waals surface area contributed by atoms with E-state index >= 15 is 0 Å². The maximum atomic E-state index is 13.3. The quantitative estimate of drug-likeness (QED) is 0.563. The summed E-state index contributed by atoms with van der Waals surface area (Å²) in [4.78, 5) is 12.2. The molecule has 0 saturated carbocycles. The maximum Gasteiger partial charge on any atom is 0.240 e. The molecular weight excluding hydrogens is 478 g/mol. The zero-order valence-electron chi connectivity index (χ0n) is 18.4. The summed E-state index contributed by atoms with van der Waals surface area (Å²) in [5.74, 6) is -0.604. The lowest BCUT2D eigenvalue weighted by molar-refractivity contribution is -0.123. The van der Waals surface area contributed by atoms with E-state index in [0.717, 1.165) is 22.9 Å². The van der Waals surface area contributed by atoms with Gasteiger partial charge in [-0.1, -0.05) is 18.2 Å². The minimum Gasteiger partial charge on any atom is -0.381 e. The second kappa shape index (κ2) is 10.4. The lowest BCUT2D eigenvalue weighted by Gasteiger charge is -2.40. The van der Waals surface area contributed by atoms with Crippen LogP contribution in [0.5, 0.6) is 0 Å². The van der Waals surface area contributed by atoms with Gasteiger partial charge < -0.3 is 10.5 Å². The van der Waals surface area contributed by atoms with Crippen molar-refractivity contribution in [2.75, 3.05) is 32.6 Å². The number of primary amides is 1. The molecule has 2 aliphatic heterocycles. The van der Waals surface area contributed by atoms with Crippen molar-refractivity contribution in [3.05, 3.63) is 34.9 Å². The third-order valence-electron chi connectivity index (χ3n) is 6.40. The SMILES string of the molecule is Cc1cc(C2CCN(S(=O)(=O)C3(C(N)=O)CCOCC3)CC2)ccc1CNS(C)(=O)=O.Cl. The Morgan fingerprint density at radius 1 is 1.19 bits per heavy atom. The van der Waals surface area contributed by atoms with E-state index < -0.39 is 30.7 Å². The van der Waals surface area contributed by atoms with Gasteiger partial charge >= 0.3 is 0 Å². The molecule has 3 rings (SSSR count). The van der Waals surface area contributed by atoms with Crippen molar-refractivity contribution in [1.29, 1.82) is 0 Å². The van der Waals surface area contributed by atoms with Crippen molar-refractivity contribution in [2.45, 2.75) is 49.8 Å². The molecule has 2 aliphatic rings. The number of carbonyl (C=O) groups excluding carboxylic acids is 1. The number of carbonyl (C=O) groups is 1. The number of nitrogens with zero attached hydrogens (tertiary/aromatic N) is 1. The summed E-state index contributed by atoms with van der Waals surface area (Å²) >= 11 is 0. The molecule has 12 heteroatoms. The van der Waals surface area contributed by atoms with E-state index in [0.29, 0.717) is 25.9 Å². The van der Waals surface area contributed by atoms with E-state index in [1.807, 2.05) is 25.1 Å². The highest BCUT2D eigenvalue weighted by Gasteiger charge is 2.53. The Kier molecular flexibility index (Phi) is 8.74. The van der Waals surface area contributed by atoms with Crippen LogP contribution in [-0.2, 0) is 36.1 Å². The molecule has 1 amide bonds. The van der Waals surface area contributed by atoms with Crippen LogP contribution in [0.15, 0.2) is 18.2 Å². The smallest absolute Gasteiger partial charge is 0.240 e. The Bertz CT molecular complexity index is 1030. The van der Waals surface area contributed by atoms with E-state index in [2.05, 4.69) is 4.72 Å². The Hall–Kier alpha value is -1.24. The summed E-state index contributed by atoms with van der Waals surface area (Å²) in [7, 11) is -7.14. The van der Waals surface area contributed by atoms with Crippen LogP contribution in [0.25, 0.3) is 0 Å². The number of piperidine rings is 1. The second-order valence-electron chi connectivity index (χ2n) is 8.43. The number of hydrogen-bond acceptors (Lipinski definition) is 6. The minimum atomic E-state index is -3.87. The van der Waals surface area contributed by atoms with Crippen LogP contribution in [0.4, 0.5) is 0 Å².